The maximum Gasteiger partial charge on any atom is 0.329 e. The van der Waals surface area contributed by atoms with Crippen LogP contribution in [0.3, 0.4) is 0 Å². The number of carbonyl (C=O) groups excluding carboxylic acids is 4. The first-order chi connectivity index (χ1) is 12.9. The van der Waals surface area contributed by atoms with Gasteiger partial charge < -0.3 is 10.1 Å². The lowest BCUT2D eigenvalue weighted by atomic mass is 9.86. The summed E-state index contributed by atoms with van der Waals surface area (Å²) in [6.45, 7) is 3.10. The Morgan fingerprint density at radius 3 is 2.33 bits per heavy atom. The van der Waals surface area contributed by atoms with Crippen LogP contribution in [0.25, 0.3) is 0 Å². The van der Waals surface area contributed by atoms with E-state index in [-0.39, 0.29) is 23.1 Å². The average molecular weight is 372 g/mol. The molecule has 144 valence electrons. The van der Waals surface area contributed by atoms with Crippen molar-refractivity contribution in [3.8, 4) is 0 Å². The van der Waals surface area contributed by atoms with Gasteiger partial charge in [0.25, 0.3) is 17.7 Å². The van der Waals surface area contributed by atoms with Crippen LogP contribution in [0.4, 0.5) is 0 Å². The molecule has 1 aromatic carbocycles. The molecular formula is C20H24N2O5. The molecule has 7 heteroatoms. The van der Waals surface area contributed by atoms with Crippen molar-refractivity contribution in [2.45, 2.75) is 51.6 Å². The van der Waals surface area contributed by atoms with E-state index in [1.807, 2.05) is 0 Å². The van der Waals surface area contributed by atoms with Gasteiger partial charge in [-0.25, -0.2) is 4.79 Å². The first-order valence-electron chi connectivity index (χ1n) is 9.33. The molecule has 1 aliphatic heterocycles. The van der Waals surface area contributed by atoms with Gasteiger partial charge in [0, 0.05) is 6.04 Å². The van der Waals surface area contributed by atoms with Crippen LogP contribution in [0.15, 0.2) is 24.3 Å². The maximum atomic E-state index is 12.4. The van der Waals surface area contributed by atoms with E-state index >= 15 is 0 Å². The van der Waals surface area contributed by atoms with Crippen LogP contribution in [-0.2, 0) is 14.3 Å². The quantitative estimate of drug-likeness (QED) is 0.630. The summed E-state index contributed by atoms with van der Waals surface area (Å²) in [6.07, 6.45) is 4.24. The Balaban J connectivity index is 1.55. The summed E-state index contributed by atoms with van der Waals surface area (Å²) in [4.78, 5) is 50.1. The van der Waals surface area contributed by atoms with Crippen molar-refractivity contribution < 1.29 is 23.9 Å². The molecule has 2 aliphatic rings. The standard InChI is InChI=1S/C20H24N2O5/c1-12-7-3-6-10-16(12)21-17(23)11-27-20(26)13(2)22-18(24)14-8-4-5-9-15(14)19(22)25/h4-5,8-9,12-13,16H,3,6-7,10-11H2,1-2H3,(H,21,23)/t12-,13+,16+/m1/s1. The van der Waals surface area contributed by atoms with Crippen LogP contribution in [-0.4, -0.2) is 47.3 Å². The van der Waals surface area contributed by atoms with Gasteiger partial charge in [0.15, 0.2) is 6.61 Å². The number of fused-ring (bicyclic) bond motifs is 1. The third kappa shape index (κ3) is 3.86. The molecule has 0 spiro atoms. The van der Waals surface area contributed by atoms with E-state index in [0.717, 1.165) is 24.2 Å². The van der Waals surface area contributed by atoms with E-state index in [4.69, 9.17) is 4.74 Å². The van der Waals surface area contributed by atoms with Crippen molar-refractivity contribution in [3.05, 3.63) is 35.4 Å². The predicted octanol–water partition coefficient (Wildman–Crippen LogP) is 1.91. The molecule has 1 heterocycles. The smallest absolute Gasteiger partial charge is 0.329 e. The summed E-state index contributed by atoms with van der Waals surface area (Å²) in [5, 5.41) is 2.90. The van der Waals surface area contributed by atoms with Gasteiger partial charge in [0.1, 0.15) is 6.04 Å². The lowest BCUT2D eigenvalue weighted by Gasteiger charge is -2.29. The molecule has 0 aromatic heterocycles. The van der Waals surface area contributed by atoms with Gasteiger partial charge in [-0.2, -0.15) is 0 Å². The molecule has 3 amide bonds. The van der Waals surface area contributed by atoms with E-state index < -0.39 is 30.4 Å². The summed E-state index contributed by atoms with van der Waals surface area (Å²) in [6, 6.07) is 5.41. The maximum absolute atomic E-state index is 12.4. The molecule has 1 aliphatic carbocycles. The first-order valence-corrected chi connectivity index (χ1v) is 9.33. The molecule has 1 saturated carbocycles. The third-order valence-electron chi connectivity index (χ3n) is 5.36. The van der Waals surface area contributed by atoms with Crippen LogP contribution < -0.4 is 5.32 Å². The lowest BCUT2D eigenvalue weighted by molar-refractivity contribution is -0.152. The summed E-state index contributed by atoms with van der Waals surface area (Å²) in [5.41, 5.74) is 0.539. The fourth-order valence-corrected chi connectivity index (χ4v) is 3.70. The van der Waals surface area contributed by atoms with Crippen molar-refractivity contribution in [1.82, 2.24) is 10.2 Å². The number of hydrogen-bond donors (Lipinski definition) is 1. The number of nitrogens with zero attached hydrogens (tertiary/aromatic N) is 1. The number of benzene rings is 1. The second kappa shape index (κ2) is 7.90. The van der Waals surface area contributed by atoms with Gasteiger partial charge in [0.05, 0.1) is 11.1 Å². The minimum absolute atomic E-state index is 0.0959. The highest BCUT2D eigenvalue weighted by molar-refractivity contribution is 6.22. The molecule has 3 rings (SSSR count). The molecular weight excluding hydrogens is 348 g/mol. The molecule has 1 aromatic rings. The Labute approximate surface area is 158 Å². The molecule has 27 heavy (non-hydrogen) atoms. The number of hydrogen-bond acceptors (Lipinski definition) is 5. The van der Waals surface area contributed by atoms with Gasteiger partial charge in [0.2, 0.25) is 0 Å². The number of esters is 1. The van der Waals surface area contributed by atoms with Crippen LogP contribution in [0, 0.1) is 5.92 Å². The highest BCUT2D eigenvalue weighted by atomic mass is 16.5. The minimum atomic E-state index is -1.10. The average Bonchev–Trinajstić information content (AvgIpc) is 2.92. The summed E-state index contributed by atoms with van der Waals surface area (Å²) < 4.78 is 5.05. The van der Waals surface area contributed by atoms with Crippen LogP contribution in [0.5, 0.6) is 0 Å². The largest absolute Gasteiger partial charge is 0.454 e. The number of rotatable bonds is 5. The molecule has 7 nitrogen and oxygen atoms in total. The zero-order chi connectivity index (χ0) is 19.6. The van der Waals surface area contributed by atoms with Gasteiger partial charge in [-0.3, -0.25) is 19.3 Å². The van der Waals surface area contributed by atoms with E-state index in [1.165, 1.54) is 13.3 Å². The number of carbonyl (C=O) groups is 4. The Morgan fingerprint density at radius 2 is 1.74 bits per heavy atom. The predicted molar refractivity (Wildman–Crippen MR) is 96.9 cm³/mol. The fourth-order valence-electron chi connectivity index (χ4n) is 3.70. The lowest BCUT2D eigenvalue weighted by Crippen LogP contribution is -2.46. The van der Waals surface area contributed by atoms with E-state index in [0.29, 0.717) is 5.92 Å². The van der Waals surface area contributed by atoms with E-state index in [1.54, 1.807) is 24.3 Å². The van der Waals surface area contributed by atoms with Crippen LogP contribution in [0.1, 0.15) is 60.2 Å². The van der Waals surface area contributed by atoms with Crippen molar-refractivity contribution in [2.75, 3.05) is 6.61 Å². The molecule has 3 atom stereocenters. The summed E-state index contributed by atoms with van der Waals surface area (Å²) >= 11 is 0. The van der Waals surface area contributed by atoms with Crippen LogP contribution in [0.2, 0.25) is 0 Å². The van der Waals surface area contributed by atoms with Crippen molar-refractivity contribution in [2.24, 2.45) is 5.92 Å². The SMILES string of the molecule is C[C@@H]1CCCC[C@@H]1NC(=O)COC(=O)[C@H](C)N1C(=O)c2ccccc2C1=O. The van der Waals surface area contributed by atoms with Crippen molar-refractivity contribution in [3.63, 3.8) is 0 Å². The van der Waals surface area contributed by atoms with Gasteiger partial charge in [-0.1, -0.05) is 31.9 Å². The van der Waals surface area contributed by atoms with Crippen LogP contribution >= 0.6 is 0 Å². The minimum Gasteiger partial charge on any atom is -0.454 e. The van der Waals surface area contributed by atoms with Gasteiger partial charge >= 0.3 is 5.97 Å². The molecule has 0 saturated heterocycles. The topological polar surface area (TPSA) is 92.8 Å². The second-order valence-corrected chi connectivity index (χ2v) is 7.25. The number of amides is 3. The molecule has 0 radical (unpaired) electrons. The highest BCUT2D eigenvalue weighted by Gasteiger charge is 2.41. The zero-order valence-corrected chi connectivity index (χ0v) is 15.6. The van der Waals surface area contributed by atoms with Crippen molar-refractivity contribution in [1.29, 1.82) is 0 Å². The first kappa shape index (κ1) is 19.1. The molecule has 0 bridgehead atoms. The highest BCUT2D eigenvalue weighted by Crippen LogP contribution is 2.25. The molecule has 1 fully saturated rings. The number of imide groups is 1. The van der Waals surface area contributed by atoms with Gasteiger partial charge in [-0.05, 0) is 37.8 Å². The normalized spacial score (nSPS) is 23.0. The Morgan fingerprint density at radius 1 is 1.15 bits per heavy atom. The van der Waals surface area contributed by atoms with Crippen molar-refractivity contribution >= 4 is 23.7 Å². The third-order valence-corrected chi connectivity index (χ3v) is 5.36. The number of ether oxygens (including phenoxy) is 1. The fraction of sp³-hybridized carbons (Fsp3) is 0.500. The van der Waals surface area contributed by atoms with E-state index in [9.17, 15) is 19.2 Å². The monoisotopic (exact) mass is 372 g/mol. The molecule has 1 N–H and O–H groups in total. The Hall–Kier alpha value is -2.70. The Bertz CT molecular complexity index is 740. The summed E-state index contributed by atoms with van der Waals surface area (Å²) in [5.74, 6) is -1.80. The van der Waals surface area contributed by atoms with E-state index in [2.05, 4.69) is 12.2 Å². The Kier molecular flexibility index (Phi) is 5.58. The summed E-state index contributed by atoms with van der Waals surface area (Å²) in [7, 11) is 0. The second-order valence-electron chi connectivity index (χ2n) is 7.25. The number of nitrogens with one attached hydrogen (secondary N) is 1. The van der Waals surface area contributed by atoms with Gasteiger partial charge in [-0.15, -0.1) is 0 Å². The molecule has 0 unspecified atom stereocenters. The zero-order valence-electron chi connectivity index (χ0n) is 15.6.